The summed E-state index contributed by atoms with van der Waals surface area (Å²) < 4.78 is 43.4. The van der Waals surface area contributed by atoms with Gasteiger partial charge in [-0.1, -0.05) is 11.8 Å². The minimum absolute atomic E-state index is 0.0992. The van der Waals surface area contributed by atoms with Crippen molar-refractivity contribution in [3.8, 4) is 22.9 Å². The summed E-state index contributed by atoms with van der Waals surface area (Å²) >= 11 is 1.24. The van der Waals surface area contributed by atoms with Gasteiger partial charge in [-0.3, -0.25) is 14.1 Å². The van der Waals surface area contributed by atoms with Gasteiger partial charge in [-0.15, -0.1) is 10.2 Å². The Morgan fingerprint density at radius 3 is 2.58 bits per heavy atom. The Balaban J connectivity index is 1.32. The second-order valence-electron chi connectivity index (χ2n) is 7.83. The summed E-state index contributed by atoms with van der Waals surface area (Å²) in [6, 6.07) is 15.6. The van der Waals surface area contributed by atoms with Gasteiger partial charge in [0.15, 0.2) is 22.5 Å². The standard InChI is InChI=1S/C23H21N5O6S2/c1-36(30,31)27-16-6-4-15(5-7-16)22-25-26-23(28(22)12-18-3-2-10-32-18)35-13-21(29)24-17-8-9-19-20(11-17)34-14-33-19/h2-11,27H,12-14H2,1H3,(H,24,29). The molecule has 1 aliphatic heterocycles. The maximum Gasteiger partial charge on any atom is 0.234 e. The largest absolute Gasteiger partial charge is 0.467 e. The fourth-order valence-electron chi connectivity index (χ4n) is 3.51. The van der Waals surface area contributed by atoms with E-state index in [0.717, 1.165) is 11.8 Å². The zero-order chi connectivity index (χ0) is 25.1. The molecule has 3 heterocycles. The number of anilines is 2. The van der Waals surface area contributed by atoms with Crippen LogP contribution in [-0.4, -0.2) is 47.9 Å². The van der Waals surface area contributed by atoms with Crippen molar-refractivity contribution < 1.29 is 27.1 Å². The van der Waals surface area contributed by atoms with Gasteiger partial charge >= 0.3 is 0 Å². The van der Waals surface area contributed by atoms with Crippen LogP contribution in [0.4, 0.5) is 11.4 Å². The van der Waals surface area contributed by atoms with E-state index in [-0.39, 0.29) is 18.5 Å². The van der Waals surface area contributed by atoms with Gasteiger partial charge < -0.3 is 19.2 Å². The molecule has 0 saturated heterocycles. The second-order valence-corrected chi connectivity index (χ2v) is 10.5. The Bertz CT molecular complexity index is 1480. The Labute approximate surface area is 210 Å². The maximum atomic E-state index is 12.6. The second kappa shape index (κ2) is 9.95. The lowest BCUT2D eigenvalue weighted by molar-refractivity contribution is -0.113. The van der Waals surface area contributed by atoms with Gasteiger partial charge in [0.05, 0.1) is 24.8 Å². The third kappa shape index (κ3) is 5.63. The van der Waals surface area contributed by atoms with Crippen molar-refractivity contribution in [1.82, 2.24) is 14.8 Å². The first-order chi connectivity index (χ1) is 17.3. The molecule has 0 fully saturated rings. The molecule has 36 heavy (non-hydrogen) atoms. The number of fused-ring (bicyclic) bond motifs is 1. The van der Waals surface area contributed by atoms with Crippen molar-refractivity contribution in [2.24, 2.45) is 0 Å². The van der Waals surface area contributed by atoms with Gasteiger partial charge in [0.1, 0.15) is 5.76 Å². The molecular formula is C23H21N5O6S2. The summed E-state index contributed by atoms with van der Waals surface area (Å²) in [5.74, 6) is 2.35. The van der Waals surface area contributed by atoms with Gasteiger partial charge in [0, 0.05) is 23.0 Å². The molecule has 2 N–H and O–H groups in total. The Hall–Kier alpha value is -3.97. The lowest BCUT2D eigenvalue weighted by Gasteiger charge is -2.10. The number of hydrogen-bond donors (Lipinski definition) is 2. The fraction of sp³-hybridized carbons (Fsp3) is 0.174. The number of thioether (sulfide) groups is 1. The van der Waals surface area contributed by atoms with Crippen LogP contribution in [-0.2, 0) is 21.4 Å². The molecular weight excluding hydrogens is 506 g/mol. The molecule has 1 aliphatic rings. The van der Waals surface area contributed by atoms with Gasteiger partial charge in [0.25, 0.3) is 0 Å². The van der Waals surface area contributed by atoms with E-state index < -0.39 is 10.0 Å². The number of benzene rings is 2. The molecule has 0 bridgehead atoms. The zero-order valence-electron chi connectivity index (χ0n) is 19.0. The van der Waals surface area contributed by atoms with E-state index in [9.17, 15) is 13.2 Å². The average Bonchev–Trinajstić information content (AvgIpc) is 3.59. The molecule has 2 aromatic heterocycles. The van der Waals surface area contributed by atoms with Gasteiger partial charge in [-0.05, 0) is 48.5 Å². The van der Waals surface area contributed by atoms with Crippen LogP contribution >= 0.6 is 11.8 Å². The lowest BCUT2D eigenvalue weighted by Crippen LogP contribution is -2.14. The molecule has 0 radical (unpaired) electrons. The topological polar surface area (TPSA) is 138 Å². The van der Waals surface area contributed by atoms with Crippen LogP contribution in [0.1, 0.15) is 5.76 Å². The fourth-order valence-corrected chi connectivity index (χ4v) is 4.81. The third-order valence-electron chi connectivity index (χ3n) is 5.05. The van der Waals surface area contributed by atoms with Crippen molar-refractivity contribution >= 4 is 39.1 Å². The summed E-state index contributed by atoms with van der Waals surface area (Å²) in [6.07, 6.45) is 2.67. The number of furan rings is 1. The van der Waals surface area contributed by atoms with Gasteiger partial charge in [0.2, 0.25) is 22.7 Å². The van der Waals surface area contributed by atoms with E-state index in [1.807, 2.05) is 10.6 Å². The average molecular weight is 528 g/mol. The van der Waals surface area contributed by atoms with E-state index in [2.05, 4.69) is 20.2 Å². The van der Waals surface area contributed by atoms with Crippen LogP contribution < -0.4 is 19.5 Å². The number of ether oxygens (including phenoxy) is 2. The van der Waals surface area contributed by atoms with E-state index in [4.69, 9.17) is 13.9 Å². The molecule has 5 rings (SSSR count). The van der Waals surface area contributed by atoms with Crippen LogP contribution in [0.3, 0.4) is 0 Å². The molecule has 2 aromatic carbocycles. The predicted octanol–water partition coefficient (Wildman–Crippen LogP) is 3.42. The maximum absolute atomic E-state index is 12.6. The van der Waals surface area contributed by atoms with Gasteiger partial charge in [-0.2, -0.15) is 0 Å². The molecule has 4 aromatic rings. The van der Waals surface area contributed by atoms with E-state index >= 15 is 0 Å². The number of nitrogens with one attached hydrogen (secondary N) is 2. The molecule has 0 spiro atoms. The third-order valence-corrected chi connectivity index (χ3v) is 6.62. The number of aromatic nitrogens is 3. The first-order valence-corrected chi connectivity index (χ1v) is 13.6. The summed E-state index contributed by atoms with van der Waals surface area (Å²) in [4.78, 5) is 12.6. The van der Waals surface area contributed by atoms with Crippen molar-refractivity contribution in [3.63, 3.8) is 0 Å². The Morgan fingerprint density at radius 1 is 1.06 bits per heavy atom. The van der Waals surface area contributed by atoms with Crippen LogP contribution in [0, 0.1) is 0 Å². The van der Waals surface area contributed by atoms with Crippen molar-refractivity contribution in [2.45, 2.75) is 11.7 Å². The lowest BCUT2D eigenvalue weighted by atomic mass is 10.2. The highest BCUT2D eigenvalue weighted by Crippen LogP contribution is 2.34. The Morgan fingerprint density at radius 2 is 1.83 bits per heavy atom. The molecule has 186 valence electrons. The highest BCUT2D eigenvalue weighted by atomic mass is 32.2. The minimum atomic E-state index is -3.38. The smallest absolute Gasteiger partial charge is 0.234 e. The number of carbonyl (C=O) groups is 1. The Kier molecular flexibility index (Phi) is 6.57. The summed E-state index contributed by atoms with van der Waals surface area (Å²) in [5, 5.41) is 12.0. The monoisotopic (exact) mass is 527 g/mol. The quantitative estimate of drug-likeness (QED) is 0.314. The molecule has 0 aliphatic carbocycles. The van der Waals surface area contributed by atoms with Crippen molar-refractivity contribution in [3.05, 3.63) is 66.6 Å². The van der Waals surface area contributed by atoms with Crippen molar-refractivity contribution in [2.75, 3.05) is 28.8 Å². The molecule has 0 unspecified atom stereocenters. The van der Waals surface area contributed by atoms with E-state index in [1.165, 1.54) is 11.8 Å². The molecule has 13 heteroatoms. The SMILES string of the molecule is CS(=O)(=O)Nc1ccc(-c2nnc(SCC(=O)Nc3ccc4c(c3)OCO4)n2Cc2ccco2)cc1. The summed E-state index contributed by atoms with van der Waals surface area (Å²) in [7, 11) is -3.38. The molecule has 1 amide bonds. The van der Waals surface area contributed by atoms with E-state index in [1.54, 1.807) is 54.8 Å². The summed E-state index contributed by atoms with van der Waals surface area (Å²) in [5.41, 5.74) is 1.77. The zero-order valence-corrected chi connectivity index (χ0v) is 20.6. The molecule has 0 atom stereocenters. The number of sulfonamides is 1. The molecule has 0 saturated carbocycles. The highest BCUT2D eigenvalue weighted by Gasteiger charge is 2.18. The highest BCUT2D eigenvalue weighted by molar-refractivity contribution is 7.99. The number of amides is 1. The summed E-state index contributed by atoms with van der Waals surface area (Å²) in [6.45, 7) is 0.512. The number of hydrogen-bond acceptors (Lipinski definition) is 9. The normalized spacial score (nSPS) is 12.5. The first kappa shape index (κ1) is 23.8. The van der Waals surface area contributed by atoms with Gasteiger partial charge in [-0.25, -0.2) is 8.42 Å². The minimum Gasteiger partial charge on any atom is -0.467 e. The van der Waals surface area contributed by atoms with Crippen LogP contribution in [0.25, 0.3) is 11.4 Å². The van der Waals surface area contributed by atoms with Crippen molar-refractivity contribution in [1.29, 1.82) is 0 Å². The van der Waals surface area contributed by atoms with Crippen LogP contribution in [0.2, 0.25) is 0 Å². The first-order valence-electron chi connectivity index (χ1n) is 10.7. The number of rotatable bonds is 9. The predicted molar refractivity (Wildman–Crippen MR) is 134 cm³/mol. The van der Waals surface area contributed by atoms with Crippen LogP contribution in [0.5, 0.6) is 11.5 Å². The number of carbonyl (C=O) groups excluding carboxylic acids is 1. The number of nitrogens with zero attached hydrogens (tertiary/aromatic N) is 3. The van der Waals surface area contributed by atoms with Crippen LogP contribution in [0.15, 0.2) is 70.4 Å². The molecule has 11 nitrogen and oxygen atoms in total. The van der Waals surface area contributed by atoms with E-state index in [0.29, 0.717) is 46.2 Å².